The third-order valence-electron chi connectivity index (χ3n) is 6.78. The summed E-state index contributed by atoms with van der Waals surface area (Å²) in [5.41, 5.74) is 2.96. The zero-order chi connectivity index (χ0) is 20.0. The Morgan fingerprint density at radius 2 is 1.86 bits per heavy atom. The average molecular weight is 409 g/mol. The van der Waals surface area contributed by atoms with Gasteiger partial charge in [0.15, 0.2) is 0 Å². The van der Waals surface area contributed by atoms with Gasteiger partial charge < -0.3 is 5.32 Å². The highest BCUT2D eigenvalue weighted by Gasteiger charge is 2.58. The van der Waals surface area contributed by atoms with Gasteiger partial charge in [-0.25, -0.2) is 4.39 Å². The Morgan fingerprint density at radius 1 is 1.10 bits per heavy atom. The lowest BCUT2D eigenvalue weighted by Gasteiger charge is -2.30. The number of carbonyl (C=O) groups is 1. The second kappa shape index (κ2) is 7.10. The molecule has 3 aromatic rings. The molecule has 5 rings (SSSR count). The molecule has 0 bridgehead atoms. The summed E-state index contributed by atoms with van der Waals surface area (Å²) >= 11 is 5.91. The van der Waals surface area contributed by atoms with Gasteiger partial charge in [0.25, 0.3) is 0 Å². The van der Waals surface area contributed by atoms with Crippen LogP contribution in [0.4, 0.5) is 10.1 Å². The number of benzene rings is 2. The highest BCUT2D eigenvalue weighted by molar-refractivity contribution is 6.30. The Morgan fingerprint density at radius 3 is 2.62 bits per heavy atom. The second-order valence-electron chi connectivity index (χ2n) is 8.45. The summed E-state index contributed by atoms with van der Waals surface area (Å²) in [7, 11) is 0. The third-order valence-corrected chi connectivity index (χ3v) is 7.03. The van der Waals surface area contributed by atoms with Crippen molar-refractivity contribution < 1.29 is 9.18 Å². The molecule has 5 heteroatoms. The highest BCUT2D eigenvalue weighted by atomic mass is 35.5. The highest BCUT2D eigenvalue weighted by Crippen LogP contribution is 2.63. The Kier molecular flexibility index (Phi) is 4.54. The molecule has 0 radical (unpaired) electrons. The molecule has 1 aromatic heterocycles. The van der Waals surface area contributed by atoms with Crippen LogP contribution in [-0.4, -0.2) is 10.9 Å². The fraction of sp³-hybridized carbons (Fsp3) is 0.333. The SMILES string of the molecule is O=C(Nc1ccc(Cl)cc1)C1CC12CCC(c1ccnc3ccc(F)cc13)CC2. The number of nitrogens with zero attached hydrogens (tertiary/aromatic N) is 1. The maximum Gasteiger partial charge on any atom is 0.228 e. The molecule has 1 heterocycles. The van der Waals surface area contributed by atoms with E-state index in [2.05, 4.69) is 10.3 Å². The molecule has 0 saturated heterocycles. The minimum absolute atomic E-state index is 0.0887. The number of amides is 1. The van der Waals surface area contributed by atoms with Gasteiger partial charge in [0.05, 0.1) is 5.52 Å². The average Bonchev–Trinajstić information content (AvgIpc) is 3.43. The topological polar surface area (TPSA) is 42.0 Å². The van der Waals surface area contributed by atoms with Crippen LogP contribution in [0.3, 0.4) is 0 Å². The van der Waals surface area contributed by atoms with Gasteiger partial charge in [0.1, 0.15) is 5.82 Å². The number of pyridine rings is 1. The maximum absolute atomic E-state index is 13.8. The molecule has 29 heavy (non-hydrogen) atoms. The standard InChI is InChI=1S/C24H22ClFN2O/c25-16-1-4-18(5-2-16)28-23(29)21-14-24(21)10-7-15(8-11-24)19-9-12-27-22-6-3-17(26)13-20(19)22/h1-6,9,12-13,15,21H,7-8,10-11,14H2,(H,28,29). The summed E-state index contributed by atoms with van der Waals surface area (Å²) in [6, 6.07) is 14.1. The third kappa shape index (κ3) is 3.51. The first-order valence-corrected chi connectivity index (χ1v) is 10.5. The van der Waals surface area contributed by atoms with Crippen LogP contribution < -0.4 is 5.32 Å². The van der Waals surface area contributed by atoms with E-state index >= 15 is 0 Å². The predicted octanol–water partition coefficient (Wildman–Crippen LogP) is 6.33. The number of nitrogens with one attached hydrogen (secondary N) is 1. The monoisotopic (exact) mass is 408 g/mol. The van der Waals surface area contributed by atoms with Crippen molar-refractivity contribution in [1.82, 2.24) is 4.98 Å². The summed E-state index contributed by atoms with van der Waals surface area (Å²) < 4.78 is 13.8. The first-order valence-electron chi connectivity index (χ1n) is 10.1. The van der Waals surface area contributed by atoms with Gasteiger partial charge in [-0.15, -0.1) is 0 Å². The number of halogens is 2. The Labute approximate surface area is 174 Å². The van der Waals surface area contributed by atoms with Gasteiger partial charge >= 0.3 is 0 Å². The summed E-state index contributed by atoms with van der Waals surface area (Å²) in [5, 5.41) is 4.61. The molecular formula is C24H22ClFN2O. The zero-order valence-electron chi connectivity index (χ0n) is 16.0. The van der Waals surface area contributed by atoms with E-state index in [0.29, 0.717) is 10.9 Å². The minimum Gasteiger partial charge on any atom is -0.326 e. The first-order chi connectivity index (χ1) is 14.0. The molecule has 2 aliphatic carbocycles. The van der Waals surface area contributed by atoms with Crippen LogP contribution in [0, 0.1) is 17.2 Å². The van der Waals surface area contributed by atoms with E-state index in [1.54, 1.807) is 24.3 Å². The molecule has 1 N–H and O–H groups in total. The van der Waals surface area contributed by atoms with E-state index in [4.69, 9.17) is 11.6 Å². The van der Waals surface area contributed by atoms with Crippen molar-refractivity contribution in [2.24, 2.45) is 11.3 Å². The summed E-state index contributed by atoms with van der Waals surface area (Å²) in [4.78, 5) is 17.1. The van der Waals surface area contributed by atoms with Crippen molar-refractivity contribution in [3.8, 4) is 0 Å². The van der Waals surface area contributed by atoms with Crippen LogP contribution >= 0.6 is 11.6 Å². The van der Waals surface area contributed by atoms with Crippen LogP contribution in [0.15, 0.2) is 54.7 Å². The fourth-order valence-electron chi connectivity index (χ4n) is 5.03. The smallest absolute Gasteiger partial charge is 0.228 e. The fourth-order valence-corrected chi connectivity index (χ4v) is 5.16. The van der Waals surface area contributed by atoms with Crippen molar-refractivity contribution in [2.45, 2.75) is 38.0 Å². The van der Waals surface area contributed by atoms with Crippen LogP contribution in [0.5, 0.6) is 0 Å². The number of rotatable bonds is 3. The lowest BCUT2D eigenvalue weighted by Crippen LogP contribution is -2.22. The Bertz CT molecular complexity index is 1070. The number of anilines is 1. The van der Waals surface area contributed by atoms with E-state index < -0.39 is 0 Å². The van der Waals surface area contributed by atoms with Gasteiger partial charge in [-0.3, -0.25) is 9.78 Å². The Hall–Kier alpha value is -2.46. The summed E-state index contributed by atoms with van der Waals surface area (Å²) in [6.45, 7) is 0. The van der Waals surface area contributed by atoms with E-state index in [0.717, 1.165) is 48.7 Å². The van der Waals surface area contributed by atoms with Crippen molar-refractivity contribution >= 4 is 34.1 Å². The Balaban J connectivity index is 1.26. The normalized spacial score (nSPS) is 25.9. The van der Waals surface area contributed by atoms with Crippen LogP contribution in [-0.2, 0) is 4.79 Å². The number of hydrogen-bond donors (Lipinski definition) is 1. The molecule has 2 aromatic carbocycles. The molecule has 148 valence electrons. The van der Waals surface area contributed by atoms with Gasteiger partial charge in [0.2, 0.25) is 5.91 Å². The lowest BCUT2D eigenvalue weighted by atomic mass is 9.75. The molecule has 1 unspecified atom stereocenters. The molecule has 2 saturated carbocycles. The molecule has 3 nitrogen and oxygen atoms in total. The van der Waals surface area contributed by atoms with Crippen LogP contribution in [0.1, 0.15) is 43.6 Å². The number of hydrogen-bond acceptors (Lipinski definition) is 2. The van der Waals surface area contributed by atoms with Crippen LogP contribution in [0.2, 0.25) is 5.02 Å². The van der Waals surface area contributed by atoms with Crippen molar-refractivity contribution in [2.75, 3.05) is 5.32 Å². The van der Waals surface area contributed by atoms with Crippen molar-refractivity contribution in [3.63, 3.8) is 0 Å². The number of aromatic nitrogens is 1. The number of carbonyl (C=O) groups excluding carboxylic acids is 1. The summed E-state index contributed by atoms with van der Waals surface area (Å²) in [5.74, 6) is 0.376. The van der Waals surface area contributed by atoms with Crippen LogP contribution in [0.25, 0.3) is 10.9 Å². The molecule has 2 fully saturated rings. The van der Waals surface area contributed by atoms with Gasteiger partial charge in [0, 0.05) is 28.2 Å². The largest absolute Gasteiger partial charge is 0.326 e. The minimum atomic E-state index is -0.222. The second-order valence-corrected chi connectivity index (χ2v) is 8.89. The van der Waals surface area contributed by atoms with E-state index in [9.17, 15) is 9.18 Å². The van der Waals surface area contributed by atoms with Gasteiger partial charge in [-0.05, 0) is 97.5 Å². The molecule has 1 spiro atoms. The molecule has 2 aliphatic rings. The maximum atomic E-state index is 13.8. The quantitative estimate of drug-likeness (QED) is 0.550. The van der Waals surface area contributed by atoms with Crippen molar-refractivity contribution in [3.05, 3.63) is 71.1 Å². The molecule has 0 aliphatic heterocycles. The van der Waals surface area contributed by atoms with E-state index in [1.807, 2.05) is 24.4 Å². The first kappa shape index (κ1) is 18.6. The molecule has 1 amide bonds. The zero-order valence-corrected chi connectivity index (χ0v) is 16.8. The van der Waals surface area contributed by atoms with E-state index in [1.165, 1.54) is 11.6 Å². The number of fused-ring (bicyclic) bond motifs is 1. The van der Waals surface area contributed by atoms with Gasteiger partial charge in [-0.2, -0.15) is 0 Å². The predicted molar refractivity (Wildman–Crippen MR) is 114 cm³/mol. The van der Waals surface area contributed by atoms with Crippen molar-refractivity contribution in [1.29, 1.82) is 0 Å². The van der Waals surface area contributed by atoms with E-state index in [-0.39, 0.29) is 23.1 Å². The lowest BCUT2D eigenvalue weighted by molar-refractivity contribution is -0.118. The molecule has 1 atom stereocenters. The summed E-state index contributed by atoms with van der Waals surface area (Å²) in [6.07, 6.45) is 6.91. The molecular weight excluding hydrogens is 387 g/mol. The van der Waals surface area contributed by atoms with Gasteiger partial charge in [-0.1, -0.05) is 11.6 Å².